The van der Waals surface area contributed by atoms with Crippen LogP contribution in [0.15, 0.2) is 29.4 Å². The Morgan fingerprint density at radius 3 is 2.61 bits per heavy atom. The summed E-state index contributed by atoms with van der Waals surface area (Å²) in [6, 6.07) is 6.35. The number of nitrogens with one attached hydrogen (secondary N) is 2. The van der Waals surface area contributed by atoms with Gasteiger partial charge in [-0.1, -0.05) is 0 Å². The average molecular weight is 323 g/mol. The van der Waals surface area contributed by atoms with Crippen molar-refractivity contribution in [3.05, 3.63) is 34.4 Å². The lowest BCUT2D eigenvalue weighted by atomic mass is 10.2. The van der Waals surface area contributed by atoms with Crippen molar-refractivity contribution in [2.24, 2.45) is 10.8 Å². The van der Waals surface area contributed by atoms with E-state index in [0.29, 0.717) is 18.0 Å². The molecule has 1 fully saturated rings. The van der Waals surface area contributed by atoms with Gasteiger partial charge in [0.1, 0.15) is 11.7 Å². The van der Waals surface area contributed by atoms with E-state index in [1.54, 1.807) is 24.3 Å². The third-order valence-electron chi connectivity index (χ3n) is 3.02. The summed E-state index contributed by atoms with van der Waals surface area (Å²) in [6.07, 6.45) is 1.26. The molecule has 1 aliphatic rings. The zero-order valence-electron chi connectivity index (χ0n) is 12.2. The van der Waals surface area contributed by atoms with Gasteiger partial charge in [0.05, 0.1) is 6.10 Å². The minimum Gasteiger partial charge on any atom is -0.447 e. The van der Waals surface area contributed by atoms with Crippen molar-refractivity contribution >= 4 is 23.4 Å². The molecule has 1 aliphatic heterocycles. The Balaban J connectivity index is 1.79. The van der Waals surface area contributed by atoms with E-state index in [9.17, 15) is 14.9 Å². The van der Waals surface area contributed by atoms with E-state index in [1.807, 2.05) is 0 Å². The van der Waals surface area contributed by atoms with Gasteiger partial charge in [0.25, 0.3) is 5.96 Å². The van der Waals surface area contributed by atoms with Crippen LogP contribution in [0.5, 0.6) is 0 Å². The Labute approximate surface area is 131 Å². The van der Waals surface area contributed by atoms with Crippen LogP contribution in [0, 0.1) is 10.1 Å². The van der Waals surface area contributed by atoms with Crippen molar-refractivity contribution in [1.82, 2.24) is 0 Å². The number of guanidine groups is 1. The van der Waals surface area contributed by atoms with E-state index in [1.165, 1.54) is 0 Å². The standard InChI is InChI=1S/C13H17N5O5/c14-12(17-18(20)21)15-9-3-5-10(6-4-9)16-13(19)23-8-11-2-1-7-22-11/h3-6,11H,1-2,7-8H2,(H,16,19)(H3,14,15,17). The maximum absolute atomic E-state index is 11.6. The van der Waals surface area contributed by atoms with Gasteiger partial charge in [0, 0.05) is 18.0 Å². The second-order valence-electron chi connectivity index (χ2n) is 4.78. The molecule has 1 aromatic carbocycles. The lowest BCUT2D eigenvalue weighted by molar-refractivity contribution is -0.485. The first kappa shape index (κ1) is 16.5. The molecule has 1 unspecified atom stereocenters. The van der Waals surface area contributed by atoms with Gasteiger partial charge in [0.15, 0.2) is 5.03 Å². The number of hydrazone groups is 1. The van der Waals surface area contributed by atoms with Gasteiger partial charge >= 0.3 is 6.09 Å². The zero-order valence-corrected chi connectivity index (χ0v) is 12.2. The molecular formula is C13H17N5O5. The first-order chi connectivity index (χ1) is 11.0. The van der Waals surface area contributed by atoms with E-state index in [2.05, 4.69) is 15.7 Å². The molecule has 124 valence electrons. The van der Waals surface area contributed by atoms with Gasteiger partial charge in [-0.15, -0.1) is 0 Å². The summed E-state index contributed by atoms with van der Waals surface area (Å²) in [5.41, 5.74) is 6.32. The first-order valence-corrected chi connectivity index (χ1v) is 6.94. The summed E-state index contributed by atoms with van der Waals surface area (Å²) in [6.45, 7) is 0.923. The smallest absolute Gasteiger partial charge is 0.411 e. The Morgan fingerprint density at radius 1 is 1.39 bits per heavy atom. The van der Waals surface area contributed by atoms with E-state index >= 15 is 0 Å². The van der Waals surface area contributed by atoms with Crippen LogP contribution in [0.3, 0.4) is 0 Å². The molecule has 0 radical (unpaired) electrons. The summed E-state index contributed by atoms with van der Waals surface area (Å²) >= 11 is 0. The van der Waals surface area contributed by atoms with Crippen LogP contribution < -0.4 is 16.4 Å². The van der Waals surface area contributed by atoms with Crippen LogP contribution in [0.1, 0.15) is 12.8 Å². The van der Waals surface area contributed by atoms with Crippen molar-refractivity contribution in [1.29, 1.82) is 0 Å². The third kappa shape index (κ3) is 5.79. The van der Waals surface area contributed by atoms with Crippen molar-refractivity contribution in [2.45, 2.75) is 18.9 Å². The van der Waals surface area contributed by atoms with Crippen LogP contribution >= 0.6 is 0 Å². The number of hydrogen-bond donors (Lipinski definition) is 3. The highest BCUT2D eigenvalue weighted by Crippen LogP contribution is 2.15. The van der Waals surface area contributed by atoms with Crippen molar-refractivity contribution in [2.75, 3.05) is 23.8 Å². The summed E-state index contributed by atoms with van der Waals surface area (Å²) in [7, 11) is 0. The highest BCUT2D eigenvalue weighted by molar-refractivity contribution is 5.92. The summed E-state index contributed by atoms with van der Waals surface area (Å²) in [4.78, 5) is 21.8. The van der Waals surface area contributed by atoms with E-state index in [4.69, 9.17) is 15.2 Å². The van der Waals surface area contributed by atoms with Crippen molar-refractivity contribution in [3.63, 3.8) is 0 Å². The molecule has 0 aromatic heterocycles. The molecule has 1 amide bonds. The van der Waals surface area contributed by atoms with Gasteiger partial charge in [-0.05, 0) is 37.1 Å². The number of benzene rings is 1. The predicted molar refractivity (Wildman–Crippen MR) is 82.6 cm³/mol. The molecule has 2 rings (SSSR count). The van der Waals surface area contributed by atoms with Crippen LogP contribution in [-0.2, 0) is 9.47 Å². The highest BCUT2D eigenvalue weighted by atomic mass is 16.7. The van der Waals surface area contributed by atoms with Gasteiger partial charge in [-0.2, -0.15) is 0 Å². The molecule has 0 spiro atoms. The maximum atomic E-state index is 11.6. The predicted octanol–water partition coefficient (Wildman–Crippen LogP) is 1.33. The number of hydrogen-bond acceptors (Lipinski definition) is 5. The minimum absolute atomic E-state index is 0.0313. The fourth-order valence-electron chi connectivity index (χ4n) is 2.00. The number of carbonyl (C=O) groups is 1. The number of carbonyl (C=O) groups excluding carboxylic acids is 1. The van der Waals surface area contributed by atoms with Gasteiger partial charge in [-0.3, -0.25) is 5.32 Å². The van der Waals surface area contributed by atoms with Crippen LogP contribution in [-0.4, -0.2) is 36.4 Å². The molecule has 1 heterocycles. The summed E-state index contributed by atoms with van der Waals surface area (Å²) in [5, 5.41) is 17.3. The van der Waals surface area contributed by atoms with E-state index in [0.717, 1.165) is 12.8 Å². The number of nitrogens with zero attached hydrogens (tertiary/aromatic N) is 2. The van der Waals surface area contributed by atoms with E-state index in [-0.39, 0.29) is 18.7 Å². The molecule has 1 atom stereocenters. The fraction of sp³-hybridized carbons (Fsp3) is 0.385. The molecule has 0 aliphatic carbocycles. The lowest BCUT2D eigenvalue weighted by Crippen LogP contribution is -2.23. The van der Waals surface area contributed by atoms with E-state index < -0.39 is 11.1 Å². The third-order valence-corrected chi connectivity index (χ3v) is 3.02. The second kappa shape index (κ2) is 7.94. The second-order valence-corrected chi connectivity index (χ2v) is 4.78. The Kier molecular flexibility index (Phi) is 5.69. The number of anilines is 2. The molecule has 10 heteroatoms. The molecule has 10 nitrogen and oxygen atoms in total. The Morgan fingerprint density at radius 2 is 2.04 bits per heavy atom. The monoisotopic (exact) mass is 323 g/mol. The number of ether oxygens (including phenoxy) is 2. The average Bonchev–Trinajstić information content (AvgIpc) is 3.00. The fourth-order valence-corrected chi connectivity index (χ4v) is 2.00. The molecule has 1 aromatic rings. The number of amides is 1. The Bertz CT molecular complexity index is 583. The van der Waals surface area contributed by atoms with Crippen molar-refractivity contribution < 1.29 is 19.3 Å². The van der Waals surface area contributed by atoms with Crippen LogP contribution in [0.25, 0.3) is 0 Å². The molecular weight excluding hydrogens is 306 g/mol. The molecule has 0 saturated carbocycles. The molecule has 23 heavy (non-hydrogen) atoms. The Hall–Kier alpha value is -2.88. The zero-order chi connectivity index (χ0) is 16.7. The highest BCUT2D eigenvalue weighted by Gasteiger charge is 2.17. The van der Waals surface area contributed by atoms with Gasteiger partial charge in [0.2, 0.25) is 0 Å². The largest absolute Gasteiger partial charge is 0.447 e. The normalized spacial score (nSPS) is 17.6. The SMILES string of the molecule is NC(=N[N+](=O)[O-])Nc1ccc(NC(=O)OCC2CCCO2)cc1. The number of nitrogens with two attached hydrogens (primary N) is 1. The maximum Gasteiger partial charge on any atom is 0.411 e. The minimum atomic E-state index is -0.900. The van der Waals surface area contributed by atoms with Crippen molar-refractivity contribution in [3.8, 4) is 0 Å². The summed E-state index contributed by atoms with van der Waals surface area (Å²) in [5.74, 6) is -0.341. The quantitative estimate of drug-likeness (QED) is 0.321. The molecule has 0 bridgehead atoms. The molecule has 1 saturated heterocycles. The number of nitro groups is 1. The van der Waals surface area contributed by atoms with Crippen LogP contribution in [0.4, 0.5) is 16.2 Å². The van der Waals surface area contributed by atoms with Gasteiger partial charge in [-0.25, -0.2) is 14.9 Å². The van der Waals surface area contributed by atoms with Gasteiger partial charge < -0.3 is 20.5 Å². The number of rotatable bonds is 5. The topological polar surface area (TPSA) is 141 Å². The molecule has 4 N–H and O–H groups in total. The first-order valence-electron chi connectivity index (χ1n) is 6.94. The summed E-state index contributed by atoms with van der Waals surface area (Å²) < 4.78 is 10.4. The van der Waals surface area contributed by atoms with Crippen LogP contribution in [0.2, 0.25) is 0 Å². The lowest BCUT2D eigenvalue weighted by Gasteiger charge is -2.11.